The number of hydrogen-bond donors (Lipinski definition) is 2. The molecule has 0 bridgehead atoms. The van der Waals surface area contributed by atoms with Gasteiger partial charge in [-0.05, 0) is 31.2 Å². The lowest BCUT2D eigenvalue weighted by Gasteiger charge is -2.29. The van der Waals surface area contributed by atoms with Gasteiger partial charge in [0.05, 0.1) is 17.5 Å². The van der Waals surface area contributed by atoms with Crippen LogP contribution in [-0.4, -0.2) is 6.10 Å². The Morgan fingerprint density at radius 1 is 1.37 bits per heavy atom. The molecule has 1 aromatic carbocycles. The average Bonchev–Trinajstić information content (AvgIpc) is 2.41. The van der Waals surface area contributed by atoms with Gasteiger partial charge in [-0.25, -0.2) is 4.39 Å². The predicted molar refractivity (Wildman–Crippen MR) is 76.9 cm³/mol. The molecule has 106 valence electrons. The van der Waals surface area contributed by atoms with Gasteiger partial charge in [0, 0.05) is 0 Å². The van der Waals surface area contributed by atoms with E-state index in [1.54, 1.807) is 0 Å². The van der Waals surface area contributed by atoms with E-state index in [1.807, 2.05) is 0 Å². The van der Waals surface area contributed by atoms with Crippen LogP contribution in [0.4, 0.5) is 15.8 Å². The van der Waals surface area contributed by atoms with Crippen LogP contribution in [0.15, 0.2) is 6.07 Å². The molecule has 1 fully saturated rings. The lowest BCUT2D eigenvalue weighted by molar-refractivity contribution is 0.118. The van der Waals surface area contributed by atoms with Crippen molar-refractivity contribution >= 4 is 23.0 Å². The number of rotatable bonds is 3. The molecule has 1 saturated carbocycles. The molecule has 1 aliphatic rings. The normalized spacial score (nSPS) is 23.3. The van der Waals surface area contributed by atoms with E-state index >= 15 is 0 Å². The summed E-state index contributed by atoms with van der Waals surface area (Å²) in [6, 6.07) is 1.45. The Bertz CT molecular complexity index is 467. The molecular formula is C14H20ClFN2O. The lowest BCUT2D eigenvalue weighted by atomic mass is 9.85. The van der Waals surface area contributed by atoms with Crippen molar-refractivity contribution in [3.8, 4) is 5.75 Å². The van der Waals surface area contributed by atoms with Crippen molar-refractivity contribution in [2.45, 2.75) is 45.1 Å². The van der Waals surface area contributed by atoms with Crippen molar-refractivity contribution in [2.24, 2.45) is 5.92 Å². The maximum absolute atomic E-state index is 14.0. The molecule has 2 unspecified atom stereocenters. The van der Waals surface area contributed by atoms with Gasteiger partial charge in [-0.15, -0.1) is 0 Å². The molecule has 1 aliphatic carbocycles. The van der Waals surface area contributed by atoms with E-state index in [0.29, 0.717) is 5.92 Å². The maximum Gasteiger partial charge on any atom is 0.187 e. The Morgan fingerprint density at radius 2 is 2.11 bits per heavy atom. The summed E-state index contributed by atoms with van der Waals surface area (Å²) < 4.78 is 19.8. The zero-order valence-electron chi connectivity index (χ0n) is 11.1. The summed E-state index contributed by atoms with van der Waals surface area (Å²) in [5.41, 5.74) is 11.7. The molecule has 0 aromatic heterocycles. The summed E-state index contributed by atoms with van der Waals surface area (Å²) in [7, 11) is 0. The smallest absolute Gasteiger partial charge is 0.187 e. The van der Waals surface area contributed by atoms with Crippen LogP contribution < -0.4 is 16.2 Å². The molecule has 1 aromatic rings. The number of anilines is 2. The fourth-order valence-electron chi connectivity index (χ4n) is 2.66. The molecule has 5 heteroatoms. The second kappa shape index (κ2) is 5.87. The van der Waals surface area contributed by atoms with Crippen LogP contribution in [0.25, 0.3) is 0 Å². The number of benzene rings is 1. The van der Waals surface area contributed by atoms with Crippen LogP contribution in [-0.2, 0) is 0 Å². The largest absolute Gasteiger partial charge is 0.485 e. The van der Waals surface area contributed by atoms with Crippen LogP contribution in [0, 0.1) is 11.7 Å². The second-order valence-electron chi connectivity index (χ2n) is 5.19. The van der Waals surface area contributed by atoms with Crippen molar-refractivity contribution in [1.29, 1.82) is 0 Å². The van der Waals surface area contributed by atoms with Gasteiger partial charge in [0.15, 0.2) is 11.6 Å². The van der Waals surface area contributed by atoms with Crippen molar-refractivity contribution in [2.75, 3.05) is 11.5 Å². The van der Waals surface area contributed by atoms with Gasteiger partial charge < -0.3 is 16.2 Å². The van der Waals surface area contributed by atoms with Gasteiger partial charge in [0.1, 0.15) is 5.02 Å². The van der Waals surface area contributed by atoms with Crippen molar-refractivity contribution in [3.63, 3.8) is 0 Å². The van der Waals surface area contributed by atoms with Gasteiger partial charge in [-0.3, -0.25) is 0 Å². The number of halogens is 2. The number of hydrogen-bond acceptors (Lipinski definition) is 3. The van der Waals surface area contributed by atoms with Gasteiger partial charge in [0.2, 0.25) is 0 Å². The Labute approximate surface area is 118 Å². The van der Waals surface area contributed by atoms with E-state index in [9.17, 15) is 4.39 Å². The third-order valence-corrected chi connectivity index (χ3v) is 4.20. The molecule has 4 N–H and O–H groups in total. The summed E-state index contributed by atoms with van der Waals surface area (Å²) in [6.07, 6.45) is 5.33. The number of nitrogens with two attached hydrogens (primary N) is 2. The van der Waals surface area contributed by atoms with Gasteiger partial charge in [-0.1, -0.05) is 31.4 Å². The second-order valence-corrected chi connectivity index (χ2v) is 5.57. The highest BCUT2D eigenvalue weighted by atomic mass is 35.5. The third kappa shape index (κ3) is 3.06. The van der Waals surface area contributed by atoms with Crippen molar-refractivity contribution < 1.29 is 9.13 Å². The van der Waals surface area contributed by atoms with E-state index in [1.165, 1.54) is 12.5 Å². The first-order chi connectivity index (χ1) is 9.02. The van der Waals surface area contributed by atoms with Crippen molar-refractivity contribution in [1.82, 2.24) is 0 Å². The Balaban J connectivity index is 2.17. The van der Waals surface area contributed by atoms with E-state index < -0.39 is 5.82 Å². The predicted octanol–water partition coefficient (Wildman–Crippen LogP) is 3.99. The molecule has 0 amide bonds. The summed E-state index contributed by atoms with van der Waals surface area (Å²) in [6.45, 7) is 2.17. The Morgan fingerprint density at radius 3 is 2.79 bits per heavy atom. The minimum absolute atomic E-state index is 0.00944. The fourth-order valence-corrected chi connectivity index (χ4v) is 2.80. The molecule has 0 radical (unpaired) electrons. The first-order valence-corrected chi connectivity index (χ1v) is 7.10. The zero-order chi connectivity index (χ0) is 14.0. The van der Waals surface area contributed by atoms with Crippen LogP contribution >= 0.6 is 11.6 Å². The van der Waals surface area contributed by atoms with Crippen LogP contribution in [0.1, 0.15) is 39.0 Å². The summed E-state index contributed by atoms with van der Waals surface area (Å²) in [4.78, 5) is 0. The van der Waals surface area contributed by atoms with E-state index in [4.69, 9.17) is 27.8 Å². The van der Waals surface area contributed by atoms with Gasteiger partial charge in [0.25, 0.3) is 0 Å². The standard InChI is InChI=1S/C14H20ClFN2O/c1-2-8-4-3-5-9(6-8)19-14-11(18)7-10(17)12(15)13(14)16/h7-9H,2-6,17-18H2,1H3. The molecule has 0 heterocycles. The van der Waals surface area contributed by atoms with Gasteiger partial charge >= 0.3 is 0 Å². The molecule has 0 aliphatic heterocycles. The lowest BCUT2D eigenvalue weighted by Crippen LogP contribution is -2.26. The third-order valence-electron chi connectivity index (χ3n) is 3.82. The van der Waals surface area contributed by atoms with E-state index in [0.717, 1.165) is 25.7 Å². The van der Waals surface area contributed by atoms with E-state index in [-0.39, 0.29) is 28.3 Å². The van der Waals surface area contributed by atoms with Crippen LogP contribution in [0.2, 0.25) is 5.02 Å². The summed E-state index contributed by atoms with van der Waals surface area (Å²) >= 11 is 5.79. The maximum atomic E-state index is 14.0. The van der Waals surface area contributed by atoms with Gasteiger partial charge in [-0.2, -0.15) is 0 Å². The monoisotopic (exact) mass is 286 g/mol. The Kier molecular flexibility index (Phi) is 4.40. The minimum atomic E-state index is -0.655. The average molecular weight is 287 g/mol. The van der Waals surface area contributed by atoms with E-state index in [2.05, 4.69) is 6.92 Å². The minimum Gasteiger partial charge on any atom is -0.485 e. The molecule has 0 saturated heterocycles. The topological polar surface area (TPSA) is 61.3 Å². The molecule has 3 nitrogen and oxygen atoms in total. The zero-order valence-corrected chi connectivity index (χ0v) is 11.8. The number of ether oxygens (including phenoxy) is 1. The highest BCUT2D eigenvalue weighted by Gasteiger charge is 2.25. The molecule has 2 rings (SSSR count). The highest BCUT2D eigenvalue weighted by molar-refractivity contribution is 6.33. The Hall–Kier alpha value is -1.16. The SMILES string of the molecule is CCC1CCCC(Oc2c(N)cc(N)c(Cl)c2F)C1. The highest BCUT2D eigenvalue weighted by Crippen LogP contribution is 2.38. The van der Waals surface area contributed by atoms with Crippen LogP contribution in [0.3, 0.4) is 0 Å². The summed E-state index contributed by atoms with van der Waals surface area (Å²) in [5.74, 6) is 0.0334. The molecule has 2 atom stereocenters. The first kappa shape index (κ1) is 14.3. The summed E-state index contributed by atoms with van der Waals surface area (Å²) in [5, 5.41) is -0.118. The quantitative estimate of drug-likeness (QED) is 0.826. The molecule has 19 heavy (non-hydrogen) atoms. The molecular weight excluding hydrogens is 267 g/mol. The number of nitrogen functional groups attached to an aromatic ring is 2. The first-order valence-electron chi connectivity index (χ1n) is 6.72. The fraction of sp³-hybridized carbons (Fsp3) is 0.571. The molecule has 0 spiro atoms. The van der Waals surface area contributed by atoms with Crippen LogP contribution in [0.5, 0.6) is 5.75 Å². The van der Waals surface area contributed by atoms with Crippen molar-refractivity contribution in [3.05, 3.63) is 16.9 Å².